The van der Waals surface area contributed by atoms with E-state index < -0.39 is 0 Å². The van der Waals surface area contributed by atoms with Crippen molar-refractivity contribution in [3.05, 3.63) is 59.7 Å². The standard InChI is InChI=1S/C21H26N2S/c22-15-16-4-9-19(10-5-16)24-20-11-6-17(7-12-20)21-13-8-18-3-1-2-14-23(18)21/h4-7,9-12,18,21H,1-3,8,13-15,22H2/t18-,21-/m1/s1. The van der Waals surface area contributed by atoms with Crippen LogP contribution in [0.5, 0.6) is 0 Å². The van der Waals surface area contributed by atoms with Crippen LogP contribution >= 0.6 is 11.8 Å². The third-order valence-corrected chi connectivity index (χ3v) is 6.52. The summed E-state index contributed by atoms with van der Waals surface area (Å²) >= 11 is 1.83. The summed E-state index contributed by atoms with van der Waals surface area (Å²) in [4.78, 5) is 5.35. The number of fused-ring (bicyclic) bond motifs is 1. The maximum Gasteiger partial charge on any atom is 0.0351 e. The highest BCUT2D eigenvalue weighted by molar-refractivity contribution is 7.99. The summed E-state index contributed by atoms with van der Waals surface area (Å²) < 4.78 is 0. The van der Waals surface area contributed by atoms with Crippen LogP contribution in [0, 0.1) is 0 Å². The summed E-state index contributed by atoms with van der Waals surface area (Å²) in [6.07, 6.45) is 6.92. The minimum absolute atomic E-state index is 0.610. The number of hydrogen-bond donors (Lipinski definition) is 1. The minimum Gasteiger partial charge on any atom is -0.326 e. The number of benzene rings is 2. The number of nitrogens with two attached hydrogens (primary N) is 1. The average molecular weight is 339 g/mol. The van der Waals surface area contributed by atoms with Gasteiger partial charge < -0.3 is 5.73 Å². The van der Waals surface area contributed by atoms with Crippen LogP contribution < -0.4 is 5.73 Å². The van der Waals surface area contributed by atoms with Crippen molar-refractivity contribution in [2.75, 3.05) is 6.54 Å². The molecule has 2 N–H and O–H groups in total. The highest BCUT2D eigenvalue weighted by atomic mass is 32.2. The summed E-state index contributed by atoms with van der Waals surface area (Å²) in [7, 11) is 0. The van der Waals surface area contributed by atoms with E-state index in [0.29, 0.717) is 12.6 Å². The van der Waals surface area contributed by atoms with Gasteiger partial charge in [0, 0.05) is 28.4 Å². The maximum atomic E-state index is 5.66. The van der Waals surface area contributed by atoms with E-state index in [9.17, 15) is 0 Å². The van der Waals surface area contributed by atoms with Crippen molar-refractivity contribution in [1.29, 1.82) is 0 Å². The topological polar surface area (TPSA) is 29.3 Å². The Balaban J connectivity index is 1.44. The molecule has 0 bridgehead atoms. The lowest BCUT2D eigenvalue weighted by atomic mass is 10.0. The normalized spacial score (nSPS) is 24.0. The molecule has 2 atom stereocenters. The largest absolute Gasteiger partial charge is 0.326 e. The van der Waals surface area contributed by atoms with E-state index in [-0.39, 0.29) is 0 Å². The van der Waals surface area contributed by atoms with Crippen molar-refractivity contribution in [2.24, 2.45) is 5.73 Å². The molecule has 0 spiro atoms. The first-order valence-corrected chi connectivity index (χ1v) is 9.98. The molecule has 2 fully saturated rings. The lowest BCUT2D eigenvalue weighted by Gasteiger charge is -2.34. The van der Waals surface area contributed by atoms with E-state index >= 15 is 0 Å². The van der Waals surface area contributed by atoms with Crippen LogP contribution in [0.1, 0.15) is 49.3 Å². The van der Waals surface area contributed by atoms with Crippen molar-refractivity contribution < 1.29 is 0 Å². The van der Waals surface area contributed by atoms with Gasteiger partial charge in [-0.3, -0.25) is 4.90 Å². The van der Waals surface area contributed by atoms with Gasteiger partial charge in [0.1, 0.15) is 0 Å². The first-order chi connectivity index (χ1) is 11.8. The van der Waals surface area contributed by atoms with Crippen LogP contribution in [0.4, 0.5) is 0 Å². The Bertz CT molecular complexity index is 665. The van der Waals surface area contributed by atoms with Gasteiger partial charge in [-0.25, -0.2) is 0 Å². The van der Waals surface area contributed by atoms with E-state index in [0.717, 1.165) is 6.04 Å². The number of rotatable bonds is 4. The number of hydrogen-bond acceptors (Lipinski definition) is 3. The SMILES string of the molecule is NCc1ccc(Sc2ccc([C@H]3CC[C@H]4CCCCN43)cc2)cc1. The summed E-state index contributed by atoms with van der Waals surface area (Å²) in [6.45, 7) is 1.90. The van der Waals surface area contributed by atoms with E-state index in [2.05, 4.69) is 53.4 Å². The first kappa shape index (κ1) is 16.2. The molecule has 24 heavy (non-hydrogen) atoms. The summed E-state index contributed by atoms with van der Waals surface area (Å²) in [5.74, 6) is 0. The molecule has 2 aliphatic heterocycles. The average Bonchev–Trinajstić information content (AvgIpc) is 3.07. The fourth-order valence-corrected chi connectivity index (χ4v) is 5.02. The molecular formula is C21H26N2S. The maximum absolute atomic E-state index is 5.66. The highest BCUT2D eigenvalue weighted by Gasteiger charge is 2.35. The van der Waals surface area contributed by atoms with Gasteiger partial charge in [-0.05, 0) is 67.6 Å². The van der Waals surface area contributed by atoms with Crippen molar-refractivity contribution in [3.8, 4) is 0 Å². The molecule has 0 aromatic heterocycles. The number of piperidine rings is 1. The molecule has 2 aromatic rings. The molecule has 0 unspecified atom stereocenters. The van der Waals surface area contributed by atoms with Crippen molar-refractivity contribution >= 4 is 11.8 Å². The highest BCUT2D eigenvalue weighted by Crippen LogP contribution is 2.40. The molecule has 2 heterocycles. The van der Waals surface area contributed by atoms with Crippen molar-refractivity contribution in [1.82, 2.24) is 4.90 Å². The molecule has 0 radical (unpaired) electrons. The van der Waals surface area contributed by atoms with E-state index in [1.807, 2.05) is 11.8 Å². The smallest absolute Gasteiger partial charge is 0.0351 e. The Morgan fingerprint density at radius 1 is 0.875 bits per heavy atom. The van der Waals surface area contributed by atoms with Crippen LogP contribution in [0.3, 0.4) is 0 Å². The Kier molecular flexibility index (Phi) is 4.93. The zero-order valence-corrected chi connectivity index (χ0v) is 15.0. The van der Waals surface area contributed by atoms with Crippen LogP contribution in [-0.4, -0.2) is 17.5 Å². The third-order valence-electron chi connectivity index (χ3n) is 5.51. The Hall–Kier alpha value is -1.29. The van der Waals surface area contributed by atoms with Gasteiger partial charge in [-0.1, -0.05) is 42.4 Å². The Morgan fingerprint density at radius 3 is 2.29 bits per heavy atom. The van der Waals surface area contributed by atoms with Crippen molar-refractivity contribution in [2.45, 2.75) is 60.5 Å². The Morgan fingerprint density at radius 2 is 1.58 bits per heavy atom. The number of nitrogens with zero attached hydrogens (tertiary/aromatic N) is 1. The molecule has 4 rings (SSSR count). The quantitative estimate of drug-likeness (QED) is 0.852. The monoisotopic (exact) mass is 338 g/mol. The summed E-state index contributed by atoms with van der Waals surface area (Å²) in [5, 5.41) is 0. The van der Waals surface area contributed by atoms with E-state index in [1.54, 1.807) is 0 Å². The van der Waals surface area contributed by atoms with Crippen LogP contribution in [0.25, 0.3) is 0 Å². The predicted octanol–water partition coefficient (Wildman–Crippen LogP) is 4.99. The van der Waals surface area contributed by atoms with E-state index in [4.69, 9.17) is 5.73 Å². The molecular weight excluding hydrogens is 312 g/mol. The molecule has 0 saturated carbocycles. The molecule has 2 aliphatic rings. The minimum atomic E-state index is 0.610. The summed E-state index contributed by atoms with van der Waals surface area (Å²) in [6, 6.07) is 19.3. The summed E-state index contributed by atoms with van der Waals surface area (Å²) in [5.41, 5.74) is 8.35. The van der Waals surface area contributed by atoms with Gasteiger partial charge in [0.25, 0.3) is 0 Å². The van der Waals surface area contributed by atoms with Gasteiger partial charge in [-0.2, -0.15) is 0 Å². The molecule has 126 valence electrons. The van der Waals surface area contributed by atoms with Crippen LogP contribution in [0.15, 0.2) is 58.3 Å². The zero-order valence-electron chi connectivity index (χ0n) is 14.2. The van der Waals surface area contributed by atoms with Crippen LogP contribution in [-0.2, 0) is 6.54 Å². The second-order valence-electron chi connectivity index (χ2n) is 7.00. The third kappa shape index (κ3) is 3.39. The zero-order chi connectivity index (χ0) is 16.4. The van der Waals surface area contributed by atoms with Gasteiger partial charge in [-0.15, -0.1) is 0 Å². The molecule has 2 aromatic carbocycles. The van der Waals surface area contributed by atoms with Gasteiger partial charge >= 0.3 is 0 Å². The predicted molar refractivity (Wildman–Crippen MR) is 101 cm³/mol. The van der Waals surface area contributed by atoms with E-state index in [1.165, 1.54) is 59.6 Å². The fourth-order valence-electron chi connectivity index (χ4n) is 4.21. The Labute approximate surface area is 149 Å². The second-order valence-corrected chi connectivity index (χ2v) is 8.15. The molecule has 2 nitrogen and oxygen atoms in total. The van der Waals surface area contributed by atoms with Gasteiger partial charge in [0.2, 0.25) is 0 Å². The van der Waals surface area contributed by atoms with Crippen LogP contribution in [0.2, 0.25) is 0 Å². The lowest BCUT2D eigenvalue weighted by Crippen LogP contribution is -2.35. The van der Waals surface area contributed by atoms with Crippen molar-refractivity contribution in [3.63, 3.8) is 0 Å². The van der Waals surface area contributed by atoms with Gasteiger partial charge in [0.05, 0.1) is 0 Å². The lowest BCUT2D eigenvalue weighted by molar-refractivity contribution is 0.150. The molecule has 2 saturated heterocycles. The molecule has 0 aliphatic carbocycles. The van der Waals surface area contributed by atoms with Gasteiger partial charge in [0.15, 0.2) is 0 Å². The molecule has 3 heteroatoms. The second kappa shape index (κ2) is 7.30. The fraction of sp³-hybridized carbons (Fsp3) is 0.429. The first-order valence-electron chi connectivity index (χ1n) is 9.16. The molecule has 0 amide bonds.